The Kier molecular flexibility index (Phi) is 2.34. The van der Waals surface area contributed by atoms with Gasteiger partial charge in [-0.2, -0.15) is 0 Å². The Hall–Kier alpha value is -1.58. The first-order valence-electron chi connectivity index (χ1n) is 7.23. The Balaban J connectivity index is 1.67. The fraction of sp³-hybridized carbons (Fsp3) is 0.600. The van der Waals surface area contributed by atoms with Crippen LogP contribution in [0.2, 0.25) is 0 Å². The molecular formula is C15H19N3O. The number of hydrogen-bond acceptors (Lipinski definition) is 3. The van der Waals surface area contributed by atoms with Crippen molar-refractivity contribution in [2.45, 2.75) is 50.6 Å². The van der Waals surface area contributed by atoms with Crippen molar-refractivity contribution in [3.63, 3.8) is 0 Å². The van der Waals surface area contributed by atoms with Crippen molar-refractivity contribution in [1.82, 2.24) is 9.55 Å². The summed E-state index contributed by atoms with van der Waals surface area (Å²) in [6, 6.07) is 2.84. The smallest absolute Gasteiger partial charge is 0.255 e. The van der Waals surface area contributed by atoms with Crippen molar-refractivity contribution >= 4 is 5.82 Å². The average Bonchev–Trinajstić information content (AvgIpc) is 3.19. The summed E-state index contributed by atoms with van der Waals surface area (Å²) in [7, 11) is 1.75. The first-order chi connectivity index (χ1) is 9.22. The minimum absolute atomic E-state index is 0.0377. The molecule has 100 valence electrons. The molecule has 0 spiro atoms. The van der Waals surface area contributed by atoms with E-state index in [1.807, 2.05) is 0 Å². The standard InChI is InChI=1S/C15H19N3O/c1-17-9-16-14(8-15(17)19)18-12-4-5-13(18)7-11(6-12)10-2-3-10/h8-9,12-13H,2-7H2,1H3. The Morgan fingerprint density at radius 1 is 1.16 bits per heavy atom. The van der Waals surface area contributed by atoms with Gasteiger partial charge >= 0.3 is 0 Å². The predicted octanol–water partition coefficient (Wildman–Crippen LogP) is 2.00. The molecule has 0 amide bonds. The van der Waals surface area contributed by atoms with Crippen LogP contribution in [0.4, 0.5) is 5.82 Å². The molecular weight excluding hydrogens is 238 g/mol. The number of allylic oxidation sites excluding steroid dienone is 1. The Morgan fingerprint density at radius 2 is 1.84 bits per heavy atom. The van der Waals surface area contributed by atoms with Gasteiger partial charge in [-0.25, -0.2) is 4.98 Å². The van der Waals surface area contributed by atoms with E-state index in [9.17, 15) is 4.79 Å². The third-order valence-corrected chi connectivity index (χ3v) is 4.81. The molecule has 0 N–H and O–H groups in total. The summed E-state index contributed by atoms with van der Waals surface area (Å²) in [5, 5.41) is 0. The lowest BCUT2D eigenvalue weighted by Crippen LogP contribution is -2.42. The lowest BCUT2D eigenvalue weighted by molar-refractivity contribution is 0.540. The molecule has 4 rings (SSSR count). The van der Waals surface area contributed by atoms with Gasteiger partial charge in [-0.05, 0) is 38.5 Å². The molecule has 0 aromatic carbocycles. The highest BCUT2D eigenvalue weighted by Gasteiger charge is 2.40. The average molecular weight is 257 g/mol. The summed E-state index contributed by atoms with van der Waals surface area (Å²) in [5.74, 6) is 0.885. The number of aromatic nitrogens is 2. The largest absolute Gasteiger partial charge is 0.350 e. The van der Waals surface area contributed by atoms with Crippen molar-refractivity contribution in [3.8, 4) is 0 Å². The van der Waals surface area contributed by atoms with Crippen LogP contribution in [0.1, 0.15) is 38.5 Å². The molecule has 4 heteroatoms. The molecule has 2 aliphatic heterocycles. The van der Waals surface area contributed by atoms with Gasteiger partial charge in [0.15, 0.2) is 0 Å². The van der Waals surface area contributed by atoms with Crippen LogP contribution < -0.4 is 10.5 Å². The topological polar surface area (TPSA) is 38.1 Å². The van der Waals surface area contributed by atoms with Gasteiger partial charge in [0.1, 0.15) is 5.82 Å². The van der Waals surface area contributed by atoms with Crippen LogP contribution in [0.3, 0.4) is 0 Å². The van der Waals surface area contributed by atoms with Crippen LogP contribution in [-0.4, -0.2) is 21.6 Å². The summed E-state index contributed by atoms with van der Waals surface area (Å²) in [5.41, 5.74) is 3.47. The van der Waals surface area contributed by atoms with Gasteiger partial charge < -0.3 is 9.47 Å². The van der Waals surface area contributed by atoms with Crippen LogP contribution in [0.5, 0.6) is 0 Å². The van der Waals surface area contributed by atoms with Crippen molar-refractivity contribution in [1.29, 1.82) is 0 Å². The quantitative estimate of drug-likeness (QED) is 0.722. The molecule has 3 aliphatic rings. The first-order valence-corrected chi connectivity index (χ1v) is 7.23. The maximum atomic E-state index is 11.8. The van der Waals surface area contributed by atoms with Gasteiger partial charge in [0.25, 0.3) is 5.56 Å². The van der Waals surface area contributed by atoms with Crippen LogP contribution in [0, 0.1) is 0 Å². The van der Waals surface area contributed by atoms with Gasteiger partial charge in [0, 0.05) is 25.2 Å². The van der Waals surface area contributed by atoms with E-state index in [0.29, 0.717) is 12.1 Å². The summed E-state index contributed by atoms with van der Waals surface area (Å²) in [6.45, 7) is 0. The fourth-order valence-electron chi connectivity index (χ4n) is 3.69. The van der Waals surface area contributed by atoms with Crippen LogP contribution in [0.15, 0.2) is 28.3 Å². The predicted molar refractivity (Wildman–Crippen MR) is 74.3 cm³/mol. The second-order valence-corrected chi connectivity index (χ2v) is 6.10. The summed E-state index contributed by atoms with van der Waals surface area (Å²) >= 11 is 0. The van der Waals surface area contributed by atoms with Crippen LogP contribution in [0.25, 0.3) is 0 Å². The van der Waals surface area contributed by atoms with E-state index in [-0.39, 0.29) is 5.56 Å². The molecule has 2 unspecified atom stereocenters. The molecule has 19 heavy (non-hydrogen) atoms. The molecule has 4 nitrogen and oxygen atoms in total. The number of rotatable bonds is 1. The van der Waals surface area contributed by atoms with Crippen LogP contribution in [-0.2, 0) is 7.05 Å². The number of hydrogen-bond donors (Lipinski definition) is 0. The van der Waals surface area contributed by atoms with Gasteiger partial charge in [-0.15, -0.1) is 0 Å². The number of anilines is 1. The molecule has 2 atom stereocenters. The minimum atomic E-state index is 0.0377. The van der Waals surface area contributed by atoms with E-state index in [2.05, 4.69) is 9.88 Å². The molecule has 3 fully saturated rings. The lowest BCUT2D eigenvalue weighted by atomic mass is 9.96. The van der Waals surface area contributed by atoms with E-state index in [1.165, 1.54) is 43.1 Å². The monoisotopic (exact) mass is 257 g/mol. The normalized spacial score (nSPS) is 29.0. The molecule has 1 aromatic rings. The third-order valence-electron chi connectivity index (χ3n) is 4.81. The second-order valence-electron chi connectivity index (χ2n) is 6.10. The van der Waals surface area contributed by atoms with E-state index in [1.54, 1.807) is 30.6 Å². The van der Waals surface area contributed by atoms with Crippen molar-refractivity contribution in [2.24, 2.45) is 7.05 Å². The second kappa shape index (κ2) is 3.95. The summed E-state index contributed by atoms with van der Waals surface area (Å²) in [6.07, 6.45) is 9.20. The van der Waals surface area contributed by atoms with Gasteiger partial charge in [0.05, 0.1) is 6.33 Å². The van der Waals surface area contributed by atoms with E-state index in [4.69, 9.17) is 0 Å². The zero-order chi connectivity index (χ0) is 13.0. The molecule has 3 heterocycles. The fourth-order valence-corrected chi connectivity index (χ4v) is 3.69. The van der Waals surface area contributed by atoms with Gasteiger partial charge in [-0.1, -0.05) is 11.1 Å². The van der Waals surface area contributed by atoms with Crippen LogP contribution >= 0.6 is 0 Å². The van der Waals surface area contributed by atoms with Crippen molar-refractivity contribution in [3.05, 3.63) is 33.9 Å². The molecule has 1 aromatic heterocycles. The number of piperidine rings is 1. The maximum absolute atomic E-state index is 11.8. The van der Waals surface area contributed by atoms with E-state index < -0.39 is 0 Å². The molecule has 0 radical (unpaired) electrons. The van der Waals surface area contributed by atoms with Gasteiger partial charge in [-0.3, -0.25) is 4.79 Å². The van der Waals surface area contributed by atoms with Crippen molar-refractivity contribution < 1.29 is 0 Å². The third kappa shape index (κ3) is 1.81. The summed E-state index contributed by atoms with van der Waals surface area (Å²) < 4.78 is 1.53. The summed E-state index contributed by atoms with van der Waals surface area (Å²) in [4.78, 5) is 18.7. The molecule has 2 saturated heterocycles. The molecule has 1 aliphatic carbocycles. The highest BCUT2D eigenvalue weighted by atomic mass is 16.1. The SMILES string of the molecule is Cn1cnc(N2C3CCC2CC(=C2CC2)C3)cc1=O. The zero-order valence-electron chi connectivity index (χ0n) is 11.3. The number of fused-ring (bicyclic) bond motifs is 2. The Morgan fingerprint density at radius 3 is 2.42 bits per heavy atom. The maximum Gasteiger partial charge on any atom is 0.255 e. The lowest BCUT2D eigenvalue weighted by Gasteiger charge is -2.37. The van der Waals surface area contributed by atoms with Gasteiger partial charge in [0.2, 0.25) is 0 Å². The number of aryl methyl sites for hydroxylation is 1. The van der Waals surface area contributed by atoms with E-state index in [0.717, 1.165) is 5.82 Å². The first kappa shape index (κ1) is 11.3. The Bertz CT molecular complexity index is 594. The highest BCUT2D eigenvalue weighted by molar-refractivity contribution is 5.46. The molecule has 1 saturated carbocycles. The van der Waals surface area contributed by atoms with Crippen molar-refractivity contribution in [2.75, 3.05) is 4.90 Å². The minimum Gasteiger partial charge on any atom is -0.350 e. The van der Waals surface area contributed by atoms with E-state index >= 15 is 0 Å². The number of nitrogens with zero attached hydrogens (tertiary/aromatic N) is 3. The molecule has 2 bridgehead atoms. The zero-order valence-corrected chi connectivity index (χ0v) is 11.3. The Labute approximate surface area is 112 Å². The highest BCUT2D eigenvalue weighted by Crippen LogP contribution is 2.45.